The van der Waals surface area contributed by atoms with E-state index in [9.17, 15) is 9.59 Å². The number of fused-ring (bicyclic) bond motifs is 3. The maximum Gasteiger partial charge on any atom is 0.374 e. The number of rotatable bonds is 1. The summed E-state index contributed by atoms with van der Waals surface area (Å²) in [5.74, 6) is 0.282. The second-order valence-electron chi connectivity index (χ2n) is 4.47. The lowest BCUT2D eigenvalue weighted by molar-refractivity contribution is 0.0561. The molecule has 0 amide bonds. The van der Waals surface area contributed by atoms with E-state index in [0.717, 1.165) is 0 Å². The number of methoxy groups -OCH3 is 1. The van der Waals surface area contributed by atoms with Gasteiger partial charge in [-0.05, 0) is 19.1 Å². The SMILES string of the molecule is COC(=O)c1oc2c(c(=O)c1C)COc1ccccc1-2. The topological polar surface area (TPSA) is 65.7 Å². The quantitative estimate of drug-likeness (QED) is 0.745. The van der Waals surface area contributed by atoms with Crippen LogP contribution >= 0.6 is 0 Å². The Morgan fingerprint density at radius 1 is 1.30 bits per heavy atom. The van der Waals surface area contributed by atoms with Crippen molar-refractivity contribution in [3.8, 4) is 17.1 Å². The van der Waals surface area contributed by atoms with E-state index in [1.165, 1.54) is 7.11 Å². The number of ether oxygens (including phenoxy) is 2. The summed E-state index contributed by atoms with van der Waals surface area (Å²) in [7, 11) is 1.25. The van der Waals surface area contributed by atoms with Crippen molar-refractivity contribution >= 4 is 5.97 Å². The molecule has 5 nitrogen and oxygen atoms in total. The van der Waals surface area contributed by atoms with E-state index < -0.39 is 5.97 Å². The van der Waals surface area contributed by atoms with Crippen molar-refractivity contribution < 1.29 is 18.7 Å². The van der Waals surface area contributed by atoms with Gasteiger partial charge in [0.05, 0.1) is 18.2 Å². The molecule has 0 radical (unpaired) electrons. The summed E-state index contributed by atoms with van der Waals surface area (Å²) < 4.78 is 15.8. The standard InChI is InChI=1S/C15H12O5/c1-8-12(16)10-7-19-11-6-4-3-5-9(11)14(10)20-13(8)15(17)18-2/h3-6H,7H2,1-2H3. The summed E-state index contributed by atoms with van der Waals surface area (Å²) >= 11 is 0. The predicted octanol–water partition coefficient (Wildman–Crippen LogP) is 2.29. The maximum absolute atomic E-state index is 12.3. The minimum absolute atomic E-state index is 0.0621. The van der Waals surface area contributed by atoms with Crippen molar-refractivity contribution in [3.05, 3.63) is 51.4 Å². The van der Waals surface area contributed by atoms with Gasteiger partial charge in [-0.1, -0.05) is 12.1 Å². The highest BCUT2D eigenvalue weighted by Crippen LogP contribution is 2.36. The van der Waals surface area contributed by atoms with E-state index in [0.29, 0.717) is 22.6 Å². The molecule has 0 saturated carbocycles. The number of para-hydroxylation sites is 1. The molecule has 5 heteroatoms. The molecule has 0 atom stereocenters. The zero-order valence-electron chi connectivity index (χ0n) is 11.1. The van der Waals surface area contributed by atoms with Gasteiger partial charge in [0.25, 0.3) is 0 Å². The zero-order valence-corrected chi connectivity index (χ0v) is 11.1. The van der Waals surface area contributed by atoms with Crippen LogP contribution in [0, 0.1) is 6.92 Å². The fraction of sp³-hybridized carbons (Fsp3) is 0.200. The van der Waals surface area contributed by atoms with Crippen LogP contribution in [0.2, 0.25) is 0 Å². The molecular weight excluding hydrogens is 260 g/mol. The smallest absolute Gasteiger partial charge is 0.374 e. The van der Waals surface area contributed by atoms with Crippen LogP contribution in [0.15, 0.2) is 33.5 Å². The van der Waals surface area contributed by atoms with Crippen LogP contribution in [0.25, 0.3) is 11.3 Å². The summed E-state index contributed by atoms with van der Waals surface area (Å²) in [6.45, 7) is 1.68. The van der Waals surface area contributed by atoms with Gasteiger partial charge in [0.2, 0.25) is 5.76 Å². The first-order valence-corrected chi connectivity index (χ1v) is 6.10. The molecular formula is C15H12O5. The summed E-state index contributed by atoms with van der Waals surface area (Å²) in [6.07, 6.45) is 0. The highest BCUT2D eigenvalue weighted by Gasteiger charge is 2.27. The Bertz CT molecular complexity index is 757. The van der Waals surface area contributed by atoms with Crippen LogP contribution in [0.4, 0.5) is 0 Å². The van der Waals surface area contributed by atoms with Crippen molar-refractivity contribution in [2.45, 2.75) is 13.5 Å². The molecule has 1 aromatic heterocycles. The second-order valence-corrected chi connectivity index (χ2v) is 4.47. The van der Waals surface area contributed by atoms with Gasteiger partial charge in [-0.3, -0.25) is 4.79 Å². The Kier molecular flexibility index (Phi) is 2.82. The molecule has 0 saturated heterocycles. The molecule has 0 unspecified atom stereocenters. The Labute approximate surface area is 114 Å². The molecule has 102 valence electrons. The Morgan fingerprint density at radius 2 is 2.05 bits per heavy atom. The molecule has 20 heavy (non-hydrogen) atoms. The average molecular weight is 272 g/mol. The average Bonchev–Trinajstić information content (AvgIpc) is 2.49. The number of carbonyl (C=O) groups is 1. The summed E-state index contributed by atoms with van der Waals surface area (Å²) in [5, 5.41) is 0. The number of hydrogen-bond acceptors (Lipinski definition) is 5. The molecule has 1 aliphatic heterocycles. The van der Waals surface area contributed by atoms with Gasteiger partial charge in [0.15, 0.2) is 5.43 Å². The molecule has 2 aromatic rings. The largest absolute Gasteiger partial charge is 0.488 e. The first kappa shape index (κ1) is 12.5. The fourth-order valence-corrected chi connectivity index (χ4v) is 2.24. The second kappa shape index (κ2) is 4.52. The third kappa shape index (κ3) is 1.71. The summed E-state index contributed by atoms with van der Waals surface area (Å²) in [4.78, 5) is 24.0. The van der Waals surface area contributed by atoms with Gasteiger partial charge in [0, 0.05) is 5.56 Å². The monoisotopic (exact) mass is 272 g/mol. The van der Waals surface area contributed by atoms with Crippen molar-refractivity contribution in [3.63, 3.8) is 0 Å². The molecule has 0 bridgehead atoms. The molecule has 1 aromatic carbocycles. The molecule has 0 aliphatic carbocycles. The third-order valence-corrected chi connectivity index (χ3v) is 3.31. The van der Waals surface area contributed by atoms with Crippen LogP contribution < -0.4 is 10.2 Å². The van der Waals surface area contributed by atoms with Crippen LogP contribution in [0.5, 0.6) is 5.75 Å². The van der Waals surface area contributed by atoms with Gasteiger partial charge in [-0.2, -0.15) is 0 Å². The third-order valence-electron chi connectivity index (χ3n) is 3.31. The molecule has 0 N–H and O–H groups in total. The van der Waals surface area contributed by atoms with Crippen LogP contribution in [-0.4, -0.2) is 13.1 Å². The lowest BCUT2D eigenvalue weighted by Crippen LogP contribution is -2.22. The van der Waals surface area contributed by atoms with E-state index >= 15 is 0 Å². The van der Waals surface area contributed by atoms with Gasteiger partial charge < -0.3 is 13.9 Å². The number of esters is 1. The number of carbonyl (C=O) groups excluding carboxylic acids is 1. The summed E-state index contributed by atoms with van der Waals surface area (Å²) in [5.41, 5.74) is 1.07. The van der Waals surface area contributed by atoms with Crippen LogP contribution in [0.3, 0.4) is 0 Å². The Balaban J connectivity index is 2.32. The highest BCUT2D eigenvalue weighted by molar-refractivity contribution is 5.88. The first-order valence-electron chi connectivity index (χ1n) is 6.10. The molecule has 2 heterocycles. The Hall–Kier alpha value is -2.56. The van der Waals surface area contributed by atoms with E-state index in [1.807, 2.05) is 12.1 Å². The van der Waals surface area contributed by atoms with Crippen molar-refractivity contribution in [2.24, 2.45) is 0 Å². The molecule has 0 fully saturated rings. The van der Waals surface area contributed by atoms with E-state index in [2.05, 4.69) is 4.74 Å². The van der Waals surface area contributed by atoms with Crippen LogP contribution in [0.1, 0.15) is 21.7 Å². The summed E-state index contributed by atoms with van der Waals surface area (Å²) in [6, 6.07) is 7.22. The lowest BCUT2D eigenvalue weighted by Gasteiger charge is -2.19. The van der Waals surface area contributed by atoms with Crippen molar-refractivity contribution in [1.82, 2.24) is 0 Å². The number of hydrogen-bond donors (Lipinski definition) is 0. The lowest BCUT2D eigenvalue weighted by atomic mass is 10.0. The zero-order chi connectivity index (χ0) is 14.3. The highest BCUT2D eigenvalue weighted by atomic mass is 16.5. The maximum atomic E-state index is 12.3. The van der Waals surface area contributed by atoms with E-state index in [-0.39, 0.29) is 23.4 Å². The van der Waals surface area contributed by atoms with E-state index in [4.69, 9.17) is 9.15 Å². The van der Waals surface area contributed by atoms with Gasteiger partial charge >= 0.3 is 5.97 Å². The Morgan fingerprint density at radius 3 is 2.80 bits per heavy atom. The van der Waals surface area contributed by atoms with Gasteiger partial charge in [0.1, 0.15) is 18.1 Å². The molecule has 3 rings (SSSR count). The molecule has 0 spiro atoms. The first-order chi connectivity index (χ1) is 9.63. The van der Waals surface area contributed by atoms with Gasteiger partial charge in [-0.15, -0.1) is 0 Å². The van der Waals surface area contributed by atoms with Gasteiger partial charge in [-0.25, -0.2) is 4.79 Å². The normalized spacial score (nSPS) is 12.1. The number of benzene rings is 1. The van der Waals surface area contributed by atoms with Crippen LogP contribution in [-0.2, 0) is 11.3 Å². The predicted molar refractivity (Wildman–Crippen MR) is 70.8 cm³/mol. The van der Waals surface area contributed by atoms with Crippen molar-refractivity contribution in [2.75, 3.05) is 7.11 Å². The minimum Gasteiger partial charge on any atom is -0.488 e. The molecule has 1 aliphatic rings. The van der Waals surface area contributed by atoms with E-state index in [1.54, 1.807) is 19.1 Å². The minimum atomic E-state index is -0.661. The fourth-order valence-electron chi connectivity index (χ4n) is 2.24. The van der Waals surface area contributed by atoms with Crippen molar-refractivity contribution in [1.29, 1.82) is 0 Å².